The Bertz CT molecular complexity index is 3990. The predicted molar refractivity (Wildman–Crippen MR) is 309 cm³/mol. The van der Waals surface area contributed by atoms with Gasteiger partial charge in [-0.25, -0.2) is 4.98 Å². The normalized spacial score (nSPS) is 11.5. The number of pyridine rings is 1. The van der Waals surface area contributed by atoms with E-state index in [2.05, 4.69) is 267 Å². The van der Waals surface area contributed by atoms with Gasteiger partial charge in [0.2, 0.25) is 0 Å². The minimum atomic E-state index is 0.550. The summed E-state index contributed by atoms with van der Waals surface area (Å²) in [6, 6.07) is 85.8. The molecule has 13 aromatic rings. The average molecular weight is 947 g/mol. The summed E-state index contributed by atoms with van der Waals surface area (Å²) >= 11 is 0. The number of rotatable bonds is 8. The molecule has 0 amide bonds. The van der Waals surface area contributed by atoms with Crippen molar-refractivity contribution < 1.29 is 0 Å². The first kappa shape index (κ1) is 44.4. The van der Waals surface area contributed by atoms with E-state index in [-0.39, 0.29) is 0 Å². The van der Waals surface area contributed by atoms with Crippen LogP contribution in [0.5, 0.6) is 0 Å². The van der Waals surface area contributed by atoms with Gasteiger partial charge >= 0.3 is 0 Å². The van der Waals surface area contributed by atoms with Gasteiger partial charge in [0, 0.05) is 32.7 Å². The van der Waals surface area contributed by atoms with Gasteiger partial charge in [0.25, 0.3) is 0 Å². The number of nitriles is 1. The van der Waals surface area contributed by atoms with Gasteiger partial charge < -0.3 is 9.13 Å². The van der Waals surface area contributed by atoms with Crippen molar-refractivity contribution in [3.05, 3.63) is 258 Å². The molecule has 0 aliphatic carbocycles. The van der Waals surface area contributed by atoms with Crippen molar-refractivity contribution in [2.75, 3.05) is 0 Å². The molecule has 0 N–H and O–H groups in total. The summed E-state index contributed by atoms with van der Waals surface area (Å²) in [5.74, 6) is 0. The molecular weight excluding hydrogens is 897 g/mol. The third kappa shape index (κ3) is 7.75. The van der Waals surface area contributed by atoms with Crippen LogP contribution >= 0.6 is 0 Å². The summed E-state index contributed by atoms with van der Waals surface area (Å²) in [6.07, 6.45) is 0. The third-order valence-electron chi connectivity index (χ3n) is 14.7. The lowest BCUT2D eigenvalue weighted by Gasteiger charge is -2.19. The molecule has 0 saturated heterocycles. The smallest absolute Gasteiger partial charge is 0.104 e. The molecule has 4 nitrogen and oxygen atoms in total. The van der Waals surface area contributed by atoms with Gasteiger partial charge in [-0.1, -0.05) is 204 Å². The largest absolute Gasteiger partial charge is 0.308 e. The lowest BCUT2D eigenvalue weighted by Crippen LogP contribution is -2.06. The van der Waals surface area contributed by atoms with Crippen molar-refractivity contribution in [1.82, 2.24) is 14.1 Å². The first-order valence-corrected chi connectivity index (χ1v) is 25.3. The van der Waals surface area contributed by atoms with Crippen LogP contribution in [0.2, 0.25) is 0 Å². The van der Waals surface area contributed by atoms with Gasteiger partial charge in [-0.15, -0.1) is 0 Å². The van der Waals surface area contributed by atoms with Gasteiger partial charge in [0.15, 0.2) is 0 Å². The number of benzene rings is 10. The molecule has 3 heterocycles. The first-order valence-electron chi connectivity index (χ1n) is 25.3. The Labute approximate surface area is 431 Å². The molecule has 0 fully saturated rings. The average Bonchev–Trinajstić information content (AvgIpc) is 3.94. The summed E-state index contributed by atoms with van der Waals surface area (Å²) in [5, 5.41) is 16.5. The number of hydrogen-bond acceptors (Lipinski definition) is 2. The Morgan fingerprint density at radius 1 is 0.297 bits per heavy atom. The summed E-state index contributed by atoms with van der Waals surface area (Å²) in [5.41, 5.74) is 23.5. The van der Waals surface area contributed by atoms with Crippen LogP contribution in [0.25, 0.3) is 122 Å². The zero-order valence-corrected chi connectivity index (χ0v) is 41.7. The quantitative estimate of drug-likeness (QED) is 0.152. The molecule has 0 radical (unpaired) electrons. The van der Waals surface area contributed by atoms with Crippen LogP contribution in [-0.4, -0.2) is 14.1 Å². The van der Waals surface area contributed by atoms with E-state index in [1.165, 1.54) is 22.3 Å². The molecule has 0 bridgehead atoms. The van der Waals surface area contributed by atoms with Crippen LogP contribution in [0.15, 0.2) is 231 Å². The first-order chi connectivity index (χ1) is 36.2. The molecule has 4 heteroatoms. The molecule has 0 saturated carbocycles. The van der Waals surface area contributed by atoms with Crippen LogP contribution in [0, 0.1) is 39.0 Å². The summed E-state index contributed by atoms with van der Waals surface area (Å²) in [6.45, 7) is 8.56. The molecule has 13 rings (SSSR count). The Morgan fingerprint density at radius 3 is 0.946 bits per heavy atom. The van der Waals surface area contributed by atoms with E-state index >= 15 is 0 Å². The van der Waals surface area contributed by atoms with Gasteiger partial charge in [-0.2, -0.15) is 5.26 Å². The Balaban J connectivity index is 1.18. The monoisotopic (exact) mass is 946 g/mol. The number of fused-ring (bicyclic) bond motifs is 6. The van der Waals surface area contributed by atoms with E-state index in [0.717, 1.165) is 122 Å². The highest BCUT2D eigenvalue weighted by atomic mass is 15.0. The highest BCUT2D eigenvalue weighted by molar-refractivity contribution is 6.13. The SMILES string of the molecule is Cc1cccc(-c2ccc3c4ccc(-c5cccc(C)c5)cc4n(-c4cc(-c5cccc(-c6ccccc6)n5)cc(-n5c6cc(-c7cccc(C)c7)ccc6c6ccc(-c7cccc(C)c7)cc65)c4C#N)c3c2)c1. The van der Waals surface area contributed by atoms with Crippen LogP contribution in [0.4, 0.5) is 0 Å². The molecule has 0 atom stereocenters. The topological polar surface area (TPSA) is 46.5 Å². The summed E-state index contributed by atoms with van der Waals surface area (Å²) in [4.78, 5) is 5.41. The fraction of sp³-hybridized carbons (Fsp3) is 0.0571. The standard InChI is InChI=1S/C70H50N4/c1-44-13-8-19-49(33-44)53-25-29-58-59-30-26-54(50-20-9-14-45(2)34-50)38-66(59)73(65(58)37-53)69-41-57(64-24-12-23-63(72-64)48-17-6-5-7-18-48)42-70(62(69)43-71)74-67-39-55(51-21-10-15-46(3)35-51)27-31-60(67)61-32-28-56(40-68(61)74)52-22-11-16-47(4)36-52/h5-42H,1-4H3. The fourth-order valence-corrected chi connectivity index (χ4v) is 11.2. The van der Waals surface area contributed by atoms with E-state index in [0.29, 0.717) is 5.56 Å². The second kappa shape index (κ2) is 17.9. The van der Waals surface area contributed by atoms with Gasteiger partial charge in [-0.05, 0) is 121 Å². The lowest BCUT2D eigenvalue weighted by molar-refractivity contribution is 1.12. The lowest BCUT2D eigenvalue weighted by atomic mass is 10.0. The zero-order valence-electron chi connectivity index (χ0n) is 41.7. The van der Waals surface area contributed by atoms with Crippen molar-refractivity contribution in [2.45, 2.75) is 27.7 Å². The van der Waals surface area contributed by atoms with E-state index in [9.17, 15) is 5.26 Å². The molecule has 3 aromatic heterocycles. The van der Waals surface area contributed by atoms with Crippen LogP contribution in [0.1, 0.15) is 27.8 Å². The number of nitrogens with zero attached hydrogens (tertiary/aromatic N) is 4. The van der Waals surface area contributed by atoms with Crippen LogP contribution in [0.3, 0.4) is 0 Å². The van der Waals surface area contributed by atoms with Gasteiger partial charge in [-0.3, -0.25) is 0 Å². The van der Waals surface area contributed by atoms with Crippen molar-refractivity contribution in [3.63, 3.8) is 0 Å². The molecule has 0 spiro atoms. The van der Waals surface area contributed by atoms with Gasteiger partial charge in [0.1, 0.15) is 11.6 Å². The van der Waals surface area contributed by atoms with E-state index in [1.807, 2.05) is 6.07 Å². The zero-order chi connectivity index (χ0) is 50.0. The Morgan fingerprint density at radius 2 is 0.608 bits per heavy atom. The minimum Gasteiger partial charge on any atom is -0.308 e. The maximum Gasteiger partial charge on any atom is 0.104 e. The molecule has 10 aromatic carbocycles. The Hall–Kier alpha value is -9.56. The number of aromatic nitrogens is 3. The maximum absolute atomic E-state index is 12.1. The highest BCUT2D eigenvalue weighted by Gasteiger charge is 2.25. The second-order valence-corrected chi connectivity index (χ2v) is 19.9. The van der Waals surface area contributed by atoms with E-state index in [1.54, 1.807) is 0 Å². The van der Waals surface area contributed by atoms with Crippen LogP contribution in [-0.2, 0) is 0 Å². The van der Waals surface area contributed by atoms with Crippen molar-refractivity contribution in [3.8, 4) is 84.5 Å². The minimum absolute atomic E-state index is 0.550. The fourth-order valence-electron chi connectivity index (χ4n) is 11.2. The molecular formula is C70H50N4. The second-order valence-electron chi connectivity index (χ2n) is 19.9. The molecule has 0 aliphatic rings. The molecule has 74 heavy (non-hydrogen) atoms. The molecule has 350 valence electrons. The molecule has 0 unspecified atom stereocenters. The van der Waals surface area contributed by atoms with Crippen LogP contribution < -0.4 is 0 Å². The van der Waals surface area contributed by atoms with Crippen molar-refractivity contribution in [1.29, 1.82) is 5.26 Å². The predicted octanol–water partition coefficient (Wildman–Crippen LogP) is 18.4. The van der Waals surface area contributed by atoms with E-state index < -0.39 is 0 Å². The third-order valence-corrected chi connectivity index (χ3v) is 14.7. The highest BCUT2D eigenvalue weighted by Crippen LogP contribution is 2.44. The Kier molecular flexibility index (Phi) is 10.8. The number of hydrogen-bond donors (Lipinski definition) is 0. The van der Waals surface area contributed by atoms with Crippen molar-refractivity contribution in [2.24, 2.45) is 0 Å². The summed E-state index contributed by atoms with van der Waals surface area (Å²) < 4.78 is 4.69. The van der Waals surface area contributed by atoms with Crippen molar-refractivity contribution >= 4 is 43.6 Å². The maximum atomic E-state index is 12.1. The van der Waals surface area contributed by atoms with E-state index in [4.69, 9.17) is 4.98 Å². The molecule has 0 aliphatic heterocycles. The summed E-state index contributed by atoms with van der Waals surface area (Å²) in [7, 11) is 0. The van der Waals surface area contributed by atoms with Gasteiger partial charge in [0.05, 0.1) is 44.8 Å². The number of aryl methyl sites for hydroxylation is 4.